The second kappa shape index (κ2) is 7.81. The number of fused-ring (bicyclic) bond motifs is 1. The Morgan fingerprint density at radius 3 is 2.82 bits per heavy atom. The first-order chi connectivity index (χ1) is 13.5. The Bertz CT molecular complexity index is 1070. The fourth-order valence-corrected chi connectivity index (χ4v) is 4.23. The molecule has 1 fully saturated rings. The molecule has 1 saturated heterocycles. The van der Waals surface area contributed by atoms with Crippen molar-refractivity contribution in [3.63, 3.8) is 0 Å². The van der Waals surface area contributed by atoms with Crippen molar-refractivity contribution in [3.8, 4) is 0 Å². The summed E-state index contributed by atoms with van der Waals surface area (Å²) < 4.78 is 7.23. The molecule has 1 aliphatic rings. The molecular weight excluding hydrogens is 376 g/mol. The van der Waals surface area contributed by atoms with Crippen molar-refractivity contribution in [2.45, 2.75) is 39.3 Å². The first kappa shape index (κ1) is 18.8. The van der Waals surface area contributed by atoms with Crippen molar-refractivity contribution in [1.29, 1.82) is 0 Å². The van der Waals surface area contributed by atoms with Crippen LogP contribution in [0.5, 0.6) is 0 Å². The van der Waals surface area contributed by atoms with E-state index in [0.717, 1.165) is 24.5 Å². The number of pyridine rings is 1. The molecule has 0 spiro atoms. The number of hydrogen-bond donors (Lipinski definition) is 1. The highest BCUT2D eigenvalue weighted by Gasteiger charge is 2.23. The normalized spacial score (nSPS) is 16.8. The van der Waals surface area contributed by atoms with Crippen molar-refractivity contribution in [2.24, 2.45) is 5.92 Å². The van der Waals surface area contributed by atoms with Crippen LogP contribution < -0.4 is 10.9 Å². The number of carbonyl (C=O) groups excluding carboxylic acids is 1. The minimum absolute atomic E-state index is 0.0306. The summed E-state index contributed by atoms with van der Waals surface area (Å²) >= 11 is 1.33. The molecule has 1 amide bonds. The summed E-state index contributed by atoms with van der Waals surface area (Å²) in [5.41, 5.74) is 0.363. The lowest BCUT2D eigenvalue weighted by molar-refractivity contribution is 0.102. The van der Waals surface area contributed by atoms with Crippen molar-refractivity contribution in [3.05, 3.63) is 51.4 Å². The summed E-state index contributed by atoms with van der Waals surface area (Å²) in [7, 11) is 0. The highest BCUT2D eigenvalue weighted by atomic mass is 32.1. The van der Waals surface area contributed by atoms with Gasteiger partial charge in [-0.25, -0.2) is 0 Å². The quantitative estimate of drug-likeness (QED) is 0.709. The second-order valence-electron chi connectivity index (χ2n) is 7.34. The van der Waals surface area contributed by atoms with Crippen molar-refractivity contribution >= 4 is 33.1 Å². The van der Waals surface area contributed by atoms with Gasteiger partial charge >= 0.3 is 0 Å². The van der Waals surface area contributed by atoms with Gasteiger partial charge in [-0.15, -0.1) is 10.2 Å². The van der Waals surface area contributed by atoms with Crippen LogP contribution in [-0.2, 0) is 11.3 Å². The van der Waals surface area contributed by atoms with Crippen LogP contribution in [0, 0.1) is 5.92 Å². The van der Waals surface area contributed by atoms with E-state index in [1.165, 1.54) is 11.3 Å². The Labute approximate surface area is 166 Å². The van der Waals surface area contributed by atoms with Crippen LogP contribution in [0.1, 0.15) is 48.2 Å². The average molecular weight is 398 g/mol. The molecule has 0 radical (unpaired) electrons. The first-order valence-corrected chi connectivity index (χ1v) is 10.2. The standard InChI is InChI=1S/C20H22N4O3S/c1-12(2)10-24-11-15(13-6-3-4-7-14(13)19(24)26)17(25)21-20-23-22-18(28-20)16-8-5-9-27-16/h3-4,6-7,11-12,16H,5,8-10H2,1-2H3,(H,21,23,25)/t16-/m1/s1. The van der Waals surface area contributed by atoms with E-state index in [1.807, 2.05) is 26.0 Å². The van der Waals surface area contributed by atoms with Gasteiger partial charge in [0.2, 0.25) is 5.13 Å². The zero-order valence-corrected chi connectivity index (χ0v) is 16.7. The van der Waals surface area contributed by atoms with Crippen LogP contribution in [0.25, 0.3) is 10.8 Å². The van der Waals surface area contributed by atoms with E-state index in [2.05, 4.69) is 15.5 Å². The van der Waals surface area contributed by atoms with Gasteiger partial charge in [0.25, 0.3) is 11.5 Å². The first-order valence-electron chi connectivity index (χ1n) is 9.41. The molecule has 0 aliphatic carbocycles. The lowest BCUT2D eigenvalue weighted by atomic mass is 10.1. The van der Waals surface area contributed by atoms with Crippen LogP contribution in [-0.4, -0.2) is 27.3 Å². The lowest BCUT2D eigenvalue weighted by Crippen LogP contribution is -2.25. The molecule has 4 rings (SSSR count). The summed E-state index contributed by atoms with van der Waals surface area (Å²) in [6, 6.07) is 7.19. The molecule has 146 valence electrons. The minimum Gasteiger partial charge on any atom is -0.371 e. The number of carbonyl (C=O) groups is 1. The average Bonchev–Trinajstić information content (AvgIpc) is 3.35. The third-order valence-electron chi connectivity index (χ3n) is 4.67. The number of nitrogens with zero attached hydrogens (tertiary/aromatic N) is 3. The monoisotopic (exact) mass is 398 g/mol. The molecule has 8 heteroatoms. The molecule has 2 aromatic heterocycles. The van der Waals surface area contributed by atoms with E-state index in [-0.39, 0.29) is 23.5 Å². The number of ether oxygens (including phenoxy) is 1. The summed E-state index contributed by atoms with van der Waals surface area (Å²) in [4.78, 5) is 25.7. The van der Waals surface area contributed by atoms with Crippen molar-refractivity contribution in [2.75, 3.05) is 11.9 Å². The highest BCUT2D eigenvalue weighted by molar-refractivity contribution is 7.15. The third-order valence-corrected chi connectivity index (χ3v) is 5.60. The van der Waals surface area contributed by atoms with Gasteiger partial charge in [0, 0.05) is 30.1 Å². The number of anilines is 1. The van der Waals surface area contributed by atoms with Gasteiger partial charge in [-0.2, -0.15) is 0 Å². The molecular formula is C20H22N4O3S. The van der Waals surface area contributed by atoms with E-state index >= 15 is 0 Å². The van der Waals surface area contributed by atoms with Gasteiger partial charge in [-0.05, 0) is 24.8 Å². The van der Waals surface area contributed by atoms with Gasteiger partial charge in [-0.1, -0.05) is 43.4 Å². The largest absolute Gasteiger partial charge is 0.371 e. The number of hydrogen-bond acceptors (Lipinski definition) is 6. The van der Waals surface area contributed by atoms with Gasteiger partial charge < -0.3 is 9.30 Å². The fraction of sp³-hybridized carbons (Fsp3) is 0.400. The van der Waals surface area contributed by atoms with E-state index in [0.29, 0.717) is 28.0 Å². The smallest absolute Gasteiger partial charge is 0.259 e. The van der Waals surface area contributed by atoms with Gasteiger partial charge in [0.15, 0.2) is 0 Å². The van der Waals surface area contributed by atoms with Gasteiger partial charge in [0.1, 0.15) is 11.1 Å². The number of nitrogens with one attached hydrogen (secondary N) is 1. The SMILES string of the molecule is CC(C)Cn1cc(C(=O)Nc2nnc([C@H]3CCCO3)s2)c2ccccc2c1=O. The van der Waals surface area contributed by atoms with E-state index in [4.69, 9.17) is 4.74 Å². The Morgan fingerprint density at radius 1 is 1.32 bits per heavy atom. The maximum Gasteiger partial charge on any atom is 0.259 e. The molecule has 1 aromatic carbocycles. The maximum absolute atomic E-state index is 13.0. The topological polar surface area (TPSA) is 86.1 Å². The maximum atomic E-state index is 13.0. The molecule has 28 heavy (non-hydrogen) atoms. The van der Waals surface area contributed by atoms with Crippen LogP contribution in [0.15, 0.2) is 35.3 Å². The third kappa shape index (κ3) is 3.70. The minimum atomic E-state index is -0.302. The Hall–Kier alpha value is -2.58. The molecule has 7 nitrogen and oxygen atoms in total. The molecule has 0 bridgehead atoms. The lowest BCUT2D eigenvalue weighted by Gasteiger charge is -2.13. The summed E-state index contributed by atoms with van der Waals surface area (Å²) in [5, 5.41) is 13.4. The van der Waals surface area contributed by atoms with E-state index in [9.17, 15) is 9.59 Å². The number of benzene rings is 1. The molecule has 0 saturated carbocycles. The van der Waals surface area contributed by atoms with Crippen molar-refractivity contribution < 1.29 is 9.53 Å². The van der Waals surface area contributed by atoms with Crippen LogP contribution in [0.2, 0.25) is 0 Å². The van der Waals surface area contributed by atoms with Crippen LogP contribution in [0.4, 0.5) is 5.13 Å². The zero-order chi connectivity index (χ0) is 19.7. The molecule has 3 heterocycles. The highest BCUT2D eigenvalue weighted by Crippen LogP contribution is 2.32. The summed E-state index contributed by atoms with van der Waals surface area (Å²) in [6.45, 7) is 5.35. The Balaban J connectivity index is 1.66. The number of rotatable bonds is 5. The predicted octanol–water partition coefficient (Wildman–Crippen LogP) is 3.61. The van der Waals surface area contributed by atoms with Gasteiger partial charge in [-0.3, -0.25) is 14.9 Å². The summed E-state index contributed by atoms with van der Waals surface area (Å²) in [5.74, 6) is -0.0179. The van der Waals surface area contributed by atoms with E-state index in [1.54, 1.807) is 22.9 Å². The molecule has 3 aromatic rings. The number of amides is 1. The fourth-order valence-electron chi connectivity index (χ4n) is 3.41. The summed E-state index contributed by atoms with van der Waals surface area (Å²) in [6.07, 6.45) is 3.54. The molecule has 1 aliphatic heterocycles. The van der Waals surface area contributed by atoms with Crippen LogP contribution in [0.3, 0.4) is 0 Å². The van der Waals surface area contributed by atoms with E-state index < -0.39 is 0 Å². The van der Waals surface area contributed by atoms with Crippen molar-refractivity contribution in [1.82, 2.24) is 14.8 Å². The molecule has 0 unspecified atom stereocenters. The Morgan fingerprint density at radius 2 is 2.11 bits per heavy atom. The zero-order valence-electron chi connectivity index (χ0n) is 15.8. The Kier molecular flexibility index (Phi) is 5.23. The van der Waals surface area contributed by atoms with Crippen LogP contribution >= 0.6 is 11.3 Å². The predicted molar refractivity (Wildman–Crippen MR) is 109 cm³/mol. The molecule has 1 atom stereocenters. The molecule has 1 N–H and O–H groups in total. The second-order valence-corrected chi connectivity index (χ2v) is 8.35. The number of aromatic nitrogens is 3. The van der Waals surface area contributed by atoms with Gasteiger partial charge in [0.05, 0.1) is 5.56 Å².